The zero-order valence-electron chi connectivity index (χ0n) is 19.1. The average molecular weight is 577 g/mol. The molecule has 1 aliphatic rings. The number of sulfone groups is 1. The van der Waals surface area contributed by atoms with Gasteiger partial charge in [0.25, 0.3) is 0 Å². The van der Waals surface area contributed by atoms with Crippen LogP contribution in [0.15, 0.2) is 52.0 Å². The molecule has 1 saturated heterocycles. The second kappa shape index (κ2) is 10.4. The molecule has 35 heavy (non-hydrogen) atoms. The third-order valence-corrected chi connectivity index (χ3v) is 7.64. The van der Waals surface area contributed by atoms with Crippen molar-refractivity contribution in [2.45, 2.75) is 30.7 Å². The molecular weight excluding hydrogens is 554 g/mol. The van der Waals surface area contributed by atoms with Crippen LogP contribution in [0.1, 0.15) is 24.0 Å². The lowest BCUT2D eigenvalue weighted by atomic mass is 10.0. The van der Waals surface area contributed by atoms with Crippen molar-refractivity contribution in [3.63, 3.8) is 0 Å². The van der Waals surface area contributed by atoms with E-state index in [1.165, 1.54) is 6.26 Å². The van der Waals surface area contributed by atoms with Gasteiger partial charge in [-0.2, -0.15) is 10.2 Å². The van der Waals surface area contributed by atoms with Crippen molar-refractivity contribution >= 4 is 49.0 Å². The van der Waals surface area contributed by atoms with E-state index in [0.717, 1.165) is 37.2 Å². The lowest BCUT2D eigenvalue weighted by molar-refractivity contribution is 0.454. The third-order valence-electron chi connectivity index (χ3n) is 5.71. The SMILES string of the molecule is Cc1cc(C#N)cc(Cl)c1Oc1nc(NC2CCN(c3cccc(S(C)(=O)=O)c3)CC2)ncc1Br. The number of aryl methyl sites for hydroxylation is 1. The molecule has 1 fully saturated rings. The number of hydrogen-bond acceptors (Lipinski definition) is 8. The molecular formula is C24H23BrClN5O3S. The maximum absolute atomic E-state index is 11.9. The van der Waals surface area contributed by atoms with Gasteiger partial charge in [0.1, 0.15) is 0 Å². The maximum Gasteiger partial charge on any atom is 0.238 e. The molecule has 182 valence electrons. The molecule has 1 aromatic heterocycles. The van der Waals surface area contributed by atoms with Gasteiger partial charge >= 0.3 is 0 Å². The Morgan fingerprint density at radius 2 is 2.00 bits per heavy atom. The summed E-state index contributed by atoms with van der Waals surface area (Å²) >= 11 is 9.74. The summed E-state index contributed by atoms with van der Waals surface area (Å²) in [5.41, 5.74) is 2.08. The Bertz CT molecular complexity index is 1380. The van der Waals surface area contributed by atoms with Crippen LogP contribution < -0.4 is 15.0 Å². The van der Waals surface area contributed by atoms with Crippen LogP contribution in [0, 0.1) is 18.3 Å². The van der Waals surface area contributed by atoms with Crippen LogP contribution in [0.3, 0.4) is 0 Å². The molecule has 0 unspecified atom stereocenters. The van der Waals surface area contributed by atoms with Gasteiger partial charge in [-0.15, -0.1) is 0 Å². The van der Waals surface area contributed by atoms with Gasteiger partial charge in [-0.3, -0.25) is 0 Å². The summed E-state index contributed by atoms with van der Waals surface area (Å²) in [6.45, 7) is 3.35. The van der Waals surface area contributed by atoms with Crippen molar-refractivity contribution in [3.8, 4) is 17.7 Å². The van der Waals surface area contributed by atoms with Crippen molar-refractivity contribution in [3.05, 3.63) is 63.2 Å². The van der Waals surface area contributed by atoms with Gasteiger partial charge in [0.05, 0.1) is 32.2 Å². The Morgan fingerprint density at radius 1 is 1.26 bits per heavy atom. The van der Waals surface area contributed by atoms with Crippen LogP contribution in [0.25, 0.3) is 0 Å². The monoisotopic (exact) mass is 575 g/mol. The number of rotatable bonds is 6. The summed E-state index contributed by atoms with van der Waals surface area (Å²) in [4.78, 5) is 11.4. The highest BCUT2D eigenvalue weighted by Gasteiger charge is 2.22. The zero-order chi connectivity index (χ0) is 25.2. The third kappa shape index (κ3) is 6.04. The second-order valence-corrected chi connectivity index (χ2v) is 11.6. The number of hydrogen-bond donors (Lipinski definition) is 1. The largest absolute Gasteiger partial charge is 0.436 e. The Balaban J connectivity index is 1.43. The number of ether oxygens (including phenoxy) is 1. The van der Waals surface area contributed by atoms with E-state index in [2.05, 4.69) is 42.2 Å². The van der Waals surface area contributed by atoms with Gasteiger partial charge in [0.2, 0.25) is 11.8 Å². The van der Waals surface area contributed by atoms with Crippen molar-refractivity contribution in [1.82, 2.24) is 9.97 Å². The highest BCUT2D eigenvalue weighted by Crippen LogP contribution is 2.36. The Morgan fingerprint density at radius 3 is 2.66 bits per heavy atom. The fourth-order valence-corrected chi connectivity index (χ4v) is 5.13. The van der Waals surface area contributed by atoms with E-state index < -0.39 is 9.84 Å². The number of nitrogens with zero attached hydrogens (tertiary/aromatic N) is 4. The molecule has 2 heterocycles. The van der Waals surface area contributed by atoms with Gasteiger partial charge in [0.15, 0.2) is 15.6 Å². The molecule has 0 bridgehead atoms. The molecule has 0 radical (unpaired) electrons. The van der Waals surface area contributed by atoms with E-state index in [-0.39, 0.29) is 6.04 Å². The van der Waals surface area contributed by atoms with Gasteiger partial charge in [-0.05, 0) is 71.6 Å². The molecule has 2 aromatic carbocycles. The minimum Gasteiger partial charge on any atom is -0.436 e. The van der Waals surface area contributed by atoms with Gasteiger partial charge in [0, 0.05) is 31.1 Å². The van der Waals surface area contributed by atoms with Gasteiger partial charge in [-0.1, -0.05) is 17.7 Å². The number of benzene rings is 2. The van der Waals surface area contributed by atoms with E-state index in [1.807, 2.05) is 13.0 Å². The summed E-state index contributed by atoms with van der Waals surface area (Å²) in [5, 5.41) is 12.8. The molecule has 3 aromatic rings. The zero-order valence-corrected chi connectivity index (χ0v) is 22.3. The van der Waals surface area contributed by atoms with E-state index in [9.17, 15) is 8.42 Å². The number of anilines is 2. The van der Waals surface area contributed by atoms with Crippen LogP contribution in [0.2, 0.25) is 5.02 Å². The summed E-state index contributed by atoms with van der Waals surface area (Å²) in [6, 6.07) is 12.5. The lowest BCUT2D eigenvalue weighted by Gasteiger charge is -2.34. The van der Waals surface area contributed by atoms with Crippen LogP contribution in [-0.4, -0.2) is 43.8 Å². The first kappa shape index (κ1) is 25.2. The minimum absolute atomic E-state index is 0.151. The van der Waals surface area contributed by atoms with E-state index >= 15 is 0 Å². The number of aromatic nitrogens is 2. The first-order valence-electron chi connectivity index (χ1n) is 10.9. The highest BCUT2D eigenvalue weighted by molar-refractivity contribution is 9.10. The number of nitrogens with one attached hydrogen (secondary N) is 1. The maximum atomic E-state index is 11.9. The molecule has 0 spiro atoms. The molecule has 1 aliphatic heterocycles. The number of halogens is 2. The van der Waals surface area contributed by atoms with Gasteiger partial charge in [-0.25, -0.2) is 13.4 Å². The first-order valence-corrected chi connectivity index (χ1v) is 13.9. The average Bonchev–Trinajstić information content (AvgIpc) is 2.83. The van der Waals surface area contributed by atoms with E-state index in [4.69, 9.17) is 21.6 Å². The smallest absolute Gasteiger partial charge is 0.238 e. The molecule has 8 nitrogen and oxygen atoms in total. The van der Waals surface area contributed by atoms with Crippen molar-refractivity contribution in [2.75, 3.05) is 29.6 Å². The van der Waals surface area contributed by atoms with E-state index in [1.54, 1.807) is 36.5 Å². The topological polar surface area (TPSA) is 108 Å². The molecule has 11 heteroatoms. The molecule has 0 aliphatic carbocycles. The highest BCUT2D eigenvalue weighted by atomic mass is 79.9. The number of piperidine rings is 1. The Labute approximate surface area is 218 Å². The second-order valence-electron chi connectivity index (χ2n) is 8.34. The fraction of sp³-hybridized carbons (Fsp3) is 0.292. The van der Waals surface area contributed by atoms with Crippen LogP contribution in [0.4, 0.5) is 11.6 Å². The Hall–Kier alpha value is -2.87. The molecule has 4 rings (SSSR count). The fourth-order valence-electron chi connectivity index (χ4n) is 3.89. The predicted molar refractivity (Wildman–Crippen MR) is 139 cm³/mol. The normalized spacial score (nSPS) is 14.4. The minimum atomic E-state index is -3.25. The Kier molecular flexibility index (Phi) is 7.50. The lowest BCUT2D eigenvalue weighted by Crippen LogP contribution is -2.39. The number of nitriles is 1. The van der Waals surface area contributed by atoms with Crippen molar-refractivity contribution in [1.29, 1.82) is 5.26 Å². The summed E-state index contributed by atoms with van der Waals surface area (Å²) in [5.74, 6) is 1.18. The molecule has 0 amide bonds. The quantitative estimate of drug-likeness (QED) is 0.418. The molecule has 0 saturated carbocycles. The predicted octanol–water partition coefficient (Wildman–Crippen LogP) is 5.35. The van der Waals surface area contributed by atoms with Gasteiger partial charge < -0.3 is 15.0 Å². The van der Waals surface area contributed by atoms with Crippen LogP contribution in [-0.2, 0) is 9.84 Å². The summed E-state index contributed by atoms with van der Waals surface area (Å²) in [6.07, 6.45) is 4.50. The summed E-state index contributed by atoms with van der Waals surface area (Å²) < 4.78 is 30.3. The van der Waals surface area contributed by atoms with Crippen LogP contribution in [0.5, 0.6) is 11.6 Å². The molecule has 0 atom stereocenters. The van der Waals surface area contributed by atoms with Crippen molar-refractivity contribution < 1.29 is 13.2 Å². The molecule has 1 N–H and O–H groups in total. The summed E-state index contributed by atoms with van der Waals surface area (Å²) in [7, 11) is -3.25. The van der Waals surface area contributed by atoms with E-state index in [0.29, 0.717) is 37.5 Å². The van der Waals surface area contributed by atoms with Crippen LogP contribution >= 0.6 is 27.5 Å². The first-order chi connectivity index (χ1) is 16.6. The van der Waals surface area contributed by atoms with Crippen molar-refractivity contribution in [2.24, 2.45) is 0 Å². The standard InChI is InChI=1S/C24H23BrClN5O3S/c1-15-10-16(13-27)11-21(26)22(15)34-23-20(25)14-28-24(30-23)29-17-6-8-31(9-7-17)18-4-3-5-19(12-18)35(2,32)33/h3-5,10-12,14,17H,6-9H2,1-2H3,(H,28,29,30).